The summed E-state index contributed by atoms with van der Waals surface area (Å²) >= 11 is 0. The van der Waals surface area contributed by atoms with Crippen LogP contribution in [0.1, 0.15) is 21.6 Å². The summed E-state index contributed by atoms with van der Waals surface area (Å²) in [6.07, 6.45) is -2.42. The van der Waals surface area contributed by atoms with Crippen molar-refractivity contribution in [1.82, 2.24) is 20.3 Å². The van der Waals surface area contributed by atoms with Gasteiger partial charge in [-0.1, -0.05) is 35.5 Å². The topological polar surface area (TPSA) is 59.8 Å². The molecule has 1 aromatic heterocycles. The highest BCUT2D eigenvalue weighted by atomic mass is 19.4. The van der Waals surface area contributed by atoms with Gasteiger partial charge < -0.3 is 5.32 Å². The standard InChI is InChI=1S/C18H15F3N4O/c19-18(20,21)14-8-6-13(7-9-14)10-11-22-17(26)16-12-25(24-23-16)15-4-2-1-3-5-15/h1-9,12H,10-11H2,(H,22,26). The van der Waals surface area contributed by atoms with E-state index in [1.165, 1.54) is 23.0 Å². The zero-order valence-corrected chi connectivity index (χ0v) is 13.6. The van der Waals surface area contributed by atoms with Gasteiger partial charge >= 0.3 is 6.18 Å². The van der Waals surface area contributed by atoms with E-state index in [-0.39, 0.29) is 18.1 Å². The van der Waals surface area contributed by atoms with Gasteiger partial charge in [0.15, 0.2) is 5.69 Å². The Morgan fingerprint density at radius 1 is 1.04 bits per heavy atom. The largest absolute Gasteiger partial charge is 0.416 e. The highest BCUT2D eigenvalue weighted by Crippen LogP contribution is 2.29. The molecule has 1 amide bonds. The van der Waals surface area contributed by atoms with E-state index >= 15 is 0 Å². The number of para-hydroxylation sites is 1. The molecule has 0 unspecified atom stereocenters. The minimum atomic E-state index is -4.35. The lowest BCUT2D eigenvalue weighted by atomic mass is 10.1. The average Bonchev–Trinajstić information content (AvgIpc) is 3.12. The van der Waals surface area contributed by atoms with Gasteiger partial charge in [0.05, 0.1) is 17.4 Å². The number of carbonyl (C=O) groups is 1. The molecule has 0 saturated heterocycles. The molecule has 1 heterocycles. The first-order chi connectivity index (χ1) is 12.4. The van der Waals surface area contributed by atoms with Crippen molar-refractivity contribution in [2.75, 3.05) is 6.54 Å². The highest BCUT2D eigenvalue weighted by Gasteiger charge is 2.29. The van der Waals surface area contributed by atoms with Gasteiger partial charge in [0.1, 0.15) is 0 Å². The molecule has 0 fully saturated rings. The molecule has 26 heavy (non-hydrogen) atoms. The first kappa shape index (κ1) is 17.7. The van der Waals surface area contributed by atoms with Gasteiger partial charge in [-0.25, -0.2) is 4.68 Å². The van der Waals surface area contributed by atoms with E-state index in [4.69, 9.17) is 0 Å². The second kappa shape index (κ2) is 7.38. The fourth-order valence-electron chi connectivity index (χ4n) is 2.35. The third kappa shape index (κ3) is 4.27. The number of amides is 1. The van der Waals surface area contributed by atoms with Crippen molar-refractivity contribution in [3.63, 3.8) is 0 Å². The number of alkyl halides is 3. The minimum Gasteiger partial charge on any atom is -0.350 e. The predicted octanol–water partition coefficient (Wildman–Crippen LogP) is 3.26. The molecule has 0 aliphatic carbocycles. The summed E-state index contributed by atoms with van der Waals surface area (Å²) in [5, 5.41) is 10.4. The van der Waals surface area contributed by atoms with Crippen LogP contribution in [-0.2, 0) is 12.6 Å². The molecule has 0 aliphatic heterocycles. The fourth-order valence-corrected chi connectivity index (χ4v) is 2.35. The van der Waals surface area contributed by atoms with Crippen molar-refractivity contribution in [2.45, 2.75) is 12.6 Å². The SMILES string of the molecule is O=C(NCCc1ccc(C(F)(F)F)cc1)c1cn(-c2ccccc2)nn1. The number of nitrogens with zero attached hydrogens (tertiary/aromatic N) is 3. The maximum absolute atomic E-state index is 12.5. The molecular formula is C18H15F3N4O. The summed E-state index contributed by atoms with van der Waals surface area (Å²) in [5.74, 6) is -0.390. The highest BCUT2D eigenvalue weighted by molar-refractivity contribution is 5.91. The van der Waals surface area contributed by atoms with E-state index in [0.717, 1.165) is 17.8 Å². The van der Waals surface area contributed by atoms with Crippen LogP contribution >= 0.6 is 0 Å². The van der Waals surface area contributed by atoms with Crippen molar-refractivity contribution >= 4 is 5.91 Å². The van der Waals surface area contributed by atoms with Crippen molar-refractivity contribution in [3.05, 3.63) is 77.6 Å². The molecule has 0 spiro atoms. The van der Waals surface area contributed by atoms with E-state index in [2.05, 4.69) is 15.6 Å². The van der Waals surface area contributed by atoms with E-state index in [9.17, 15) is 18.0 Å². The van der Waals surface area contributed by atoms with Crippen molar-refractivity contribution < 1.29 is 18.0 Å². The molecule has 3 rings (SSSR count). The van der Waals surface area contributed by atoms with E-state index in [1.807, 2.05) is 30.3 Å². The van der Waals surface area contributed by atoms with Gasteiger partial charge in [-0.05, 0) is 36.2 Å². The first-order valence-electron chi connectivity index (χ1n) is 7.85. The zero-order valence-electron chi connectivity index (χ0n) is 13.6. The number of halogens is 3. The number of benzene rings is 2. The van der Waals surface area contributed by atoms with Crippen LogP contribution in [0.25, 0.3) is 5.69 Å². The number of aromatic nitrogens is 3. The molecule has 0 atom stereocenters. The third-order valence-electron chi connectivity index (χ3n) is 3.73. The Morgan fingerprint density at radius 3 is 2.38 bits per heavy atom. The average molecular weight is 360 g/mol. The quantitative estimate of drug-likeness (QED) is 0.760. The van der Waals surface area contributed by atoms with Crippen molar-refractivity contribution in [2.24, 2.45) is 0 Å². The van der Waals surface area contributed by atoms with Crippen molar-refractivity contribution in [1.29, 1.82) is 0 Å². The fraction of sp³-hybridized carbons (Fsp3) is 0.167. The van der Waals surface area contributed by atoms with Crippen molar-refractivity contribution in [3.8, 4) is 5.69 Å². The van der Waals surface area contributed by atoms with Crippen LogP contribution in [0.2, 0.25) is 0 Å². The molecule has 0 aliphatic rings. The Balaban J connectivity index is 1.54. The number of nitrogens with one attached hydrogen (secondary N) is 1. The number of hydrogen-bond acceptors (Lipinski definition) is 3. The lowest BCUT2D eigenvalue weighted by Crippen LogP contribution is -2.26. The lowest BCUT2D eigenvalue weighted by Gasteiger charge is -2.08. The first-order valence-corrected chi connectivity index (χ1v) is 7.85. The Hall–Kier alpha value is -3.16. The Labute approximate surface area is 147 Å². The molecule has 3 aromatic rings. The van der Waals surface area contributed by atoms with Crippen LogP contribution < -0.4 is 5.32 Å². The summed E-state index contributed by atoms with van der Waals surface area (Å²) in [6, 6.07) is 14.1. The number of carbonyl (C=O) groups excluding carboxylic acids is 1. The second-order valence-electron chi connectivity index (χ2n) is 5.58. The van der Waals surface area contributed by atoms with Crippen LogP contribution in [0.3, 0.4) is 0 Å². The smallest absolute Gasteiger partial charge is 0.350 e. The van der Waals surface area contributed by atoms with Gasteiger partial charge in [0, 0.05) is 6.54 Å². The summed E-state index contributed by atoms with van der Waals surface area (Å²) < 4.78 is 39.0. The Bertz CT molecular complexity index is 873. The molecule has 5 nitrogen and oxygen atoms in total. The van der Waals surface area contributed by atoms with Gasteiger partial charge in [-0.15, -0.1) is 5.10 Å². The lowest BCUT2D eigenvalue weighted by molar-refractivity contribution is -0.137. The Kier molecular flexibility index (Phi) is 5.01. The van der Waals surface area contributed by atoms with Crippen LogP contribution in [0.4, 0.5) is 13.2 Å². The maximum Gasteiger partial charge on any atom is 0.416 e. The zero-order chi connectivity index (χ0) is 18.6. The molecule has 2 aromatic carbocycles. The van der Waals surface area contributed by atoms with Crippen LogP contribution in [0.15, 0.2) is 60.8 Å². The molecule has 0 saturated carbocycles. The van der Waals surface area contributed by atoms with Crippen LogP contribution in [-0.4, -0.2) is 27.4 Å². The molecular weight excluding hydrogens is 345 g/mol. The molecule has 134 valence electrons. The third-order valence-corrected chi connectivity index (χ3v) is 3.73. The maximum atomic E-state index is 12.5. The second-order valence-corrected chi connectivity index (χ2v) is 5.58. The Morgan fingerprint density at radius 2 is 1.73 bits per heavy atom. The molecule has 8 heteroatoms. The summed E-state index contributed by atoms with van der Waals surface area (Å²) in [4.78, 5) is 12.1. The van der Waals surface area contributed by atoms with Gasteiger partial charge in [-0.3, -0.25) is 4.79 Å². The van der Waals surface area contributed by atoms with Gasteiger partial charge in [-0.2, -0.15) is 13.2 Å². The van der Waals surface area contributed by atoms with Gasteiger partial charge in [0.25, 0.3) is 5.91 Å². The van der Waals surface area contributed by atoms with Gasteiger partial charge in [0.2, 0.25) is 0 Å². The number of hydrogen-bond donors (Lipinski definition) is 1. The summed E-state index contributed by atoms with van der Waals surface area (Å²) in [7, 11) is 0. The molecule has 0 radical (unpaired) electrons. The van der Waals surface area contributed by atoms with E-state index < -0.39 is 11.7 Å². The number of rotatable bonds is 5. The summed E-state index contributed by atoms with van der Waals surface area (Å²) in [6.45, 7) is 0.280. The predicted molar refractivity (Wildman–Crippen MR) is 88.8 cm³/mol. The molecule has 1 N–H and O–H groups in total. The molecule has 0 bridgehead atoms. The van der Waals surface area contributed by atoms with Crippen LogP contribution in [0, 0.1) is 0 Å². The van der Waals surface area contributed by atoms with Crippen LogP contribution in [0.5, 0.6) is 0 Å². The normalized spacial score (nSPS) is 11.3. The van der Waals surface area contributed by atoms with E-state index in [1.54, 1.807) is 0 Å². The minimum absolute atomic E-state index is 0.168. The monoisotopic (exact) mass is 360 g/mol. The van der Waals surface area contributed by atoms with E-state index in [0.29, 0.717) is 12.0 Å². The summed E-state index contributed by atoms with van der Waals surface area (Å²) in [5.41, 5.74) is 0.958.